The zero-order valence-electron chi connectivity index (χ0n) is 14.6. The van der Waals surface area contributed by atoms with Gasteiger partial charge in [0.15, 0.2) is 0 Å². The van der Waals surface area contributed by atoms with E-state index in [-0.39, 0.29) is 11.4 Å². The van der Waals surface area contributed by atoms with Crippen molar-refractivity contribution in [1.82, 2.24) is 10.3 Å². The molecule has 0 spiro atoms. The number of anilines is 1. The molecule has 0 saturated heterocycles. The maximum absolute atomic E-state index is 13.0. The van der Waals surface area contributed by atoms with Crippen LogP contribution in [0.5, 0.6) is 11.5 Å². The van der Waals surface area contributed by atoms with Crippen LogP contribution in [0.3, 0.4) is 0 Å². The number of thioether (sulfide) groups is 1. The van der Waals surface area contributed by atoms with Crippen LogP contribution < -0.4 is 15.8 Å². The number of ether oxygens (including phenoxy) is 1. The van der Waals surface area contributed by atoms with E-state index in [0.29, 0.717) is 12.3 Å². The zero-order chi connectivity index (χ0) is 19.2. The molecular formula is C20H18FN3O2S. The van der Waals surface area contributed by atoms with Crippen LogP contribution in [0.15, 0.2) is 65.6 Å². The first-order valence-electron chi connectivity index (χ1n) is 8.17. The van der Waals surface area contributed by atoms with Crippen LogP contribution in [0.25, 0.3) is 0 Å². The van der Waals surface area contributed by atoms with Gasteiger partial charge in [-0.15, -0.1) is 11.8 Å². The average Bonchev–Trinajstić information content (AvgIpc) is 2.67. The summed E-state index contributed by atoms with van der Waals surface area (Å²) in [4.78, 5) is 16.7. The zero-order valence-corrected chi connectivity index (χ0v) is 15.4. The lowest BCUT2D eigenvalue weighted by atomic mass is 10.2. The van der Waals surface area contributed by atoms with E-state index in [4.69, 9.17) is 10.5 Å². The second-order valence-electron chi connectivity index (χ2n) is 5.65. The maximum atomic E-state index is 13.0. The first-order chi connectivity index (χ1) is 13.1. The Labute approximate surface area is 160 Å². The quantitative estimate of drug-likeness (QED) is 0.492. The van der Waals surface area contributed by atoms with Crippen molar-refractivity contribution in [2.45, 2.75) is 11.4 Å². The lowest BCUT2D eigenvalue weighted by Gasteiger charge is -2.10. The molecule has 0 radical (unpaired) electrons. The number of pyridine rings is 1. The van der Waals surface area contributed by atoms with Crippen molar-refractivity contribution in [2.24, 2.45) is 0 Å². The first-order valence-corrected chi connectivity index (χ1v) is 9.39. The van der Waals surface area contributed by atoms with Gasteiger partial charge in [-0.2, -0.15) is 4.39 Å². The number of halogens is 1. The van der Waals surface area contributed by atoms with Gasteiger partial charge in [-0.1, -0.05) is 24.3 Å². The molecule has 3 rings (SSSR count). The topological polar surface area (TPSA) is 77.2 Å². The van der Waals surface area contributed by atoms with E-state index in [0.717, 1.165) is 22.3 Å². The predicted molar refractivity (Wildman–Crippen MR) is 105 cm³/mol. The number of para-hydroxylation sites is 1. The number of rotatable bonds is 6. The summed E-state index contributed by atoms with van der Waals surface area (Å²) in [5.74, 6) is 0.240. The first kappa shape index (κ1) is 18.7. The van der Waals surface area contributed by atoms with Crippen molar-refractivity contribution in [2.75, 3.05) is 12.0 Å². The molecule has 0 atom stereocenters. The van der Waals surface area contributed by atoms with Gasteiger partial charge in [-0.25, -0.2) is 4.98 Å². The fourth-order valence-corrected chi connectivity index (χ4v) is 2.95. The van der Waals surface area contributed by atoms with Crippen LogP contribution in [0.4, 0.5) is 10.2 Å². The molecule has 3 aromatic rings. The molecule has 138 valence electrons. The third-order valence-electron chi connectivity index (χ3n) is 3.81. The number of carbonyl (C=O) groups is 1. The second-order valence-corrected chi connectivity index (χ2v) is 6.49. The van der Waals surface area contributed by atoms with Crippen molar-refractivity contribution < 1.29 is 13.9 Å². The molecule has 0 aliphatic rings. The molecule has 2 aromatic carbocycles. The normalized spacial score (nSPS) is 10.4. The van der Waals surface area contributed by atoms with Crippen molar-refractivity contribution in [1.29, 1.82) is 0 Å². The Morgan fingerprint density at radius 2 is 1.89 bits per heavy atom. The highest BCUT2D eigenvalue weighted by Gasteiger charge is 2.11. The molecule has 1 amide bonds. The monoisotopic (exact) mass is 383 g/mol. The van der Waals surface area contributed by atoms with Crippen LogP contribution in [0.2, 0.25) is 0 Å². The minimum Gasteiger partial charge on any atom is -0.456 e. The largest absolute Gasteiger partial charge is 0.456 e. The summed E-state index contributed by atoms with van der Waals surface area (Å²) in [6.45, 7) is 0.303. The van der Waals surface area contributed by atoms with Gasteiger partial charge >= 0.3 is 0 Å². The number of nitrogens with one attached hydrogen (secondary N) is 1. The van der Waals surface area contributed by atoms with E-state index in [9.17, 15) is 9.18 Å². The lowest BCUT2D eigenvalue weighted by molar-refractivity contribution is 0.0951. The van der Waals surface area contributed by atoms with E-state index in [1.807, 2.05) is 54.8 Å². The van der Waals surface area contributed by atoms with Gasteiger partial charge in [-0.05, 0) is 48.2 Å². The van der Waals surface area contributed by atoms with E-state index < -0.39 is 11.9 Å². The molecule has 0 aliphatic heterocycles. The Bertz CT molecular complexity index is 948. The van der Waals surface area contributed by atoms with Crippen molar-refractivity contribution in [3.05, 3.63) is 77.7 Å². The average molecular weight is 383 g/mol. The van der Waals surface area contributed by atoms with Crippen molar-refractivity contribution >= 4 is 23.5 Å². The third kappa shape index (κ3) is 4.77. The highest BCUT2D eigenvalue weighted by molar-refractivity contribution is 7.98. The number of nitrogens with zero attached hydrogens (tertiary/aromatic N) is 1. The van der Waals surface area contributed by atoms with Gasteiger partial charge in [0.05, 0.1) is 5.56 Å². The lowest BCUT2D eigenvalue weighted by Crippen LogP contribution is -2.24. The Morgan fingerprint density at radius 1 is 1.15 bits per heavy atom. The highest BCUT2D eigenvalue weighted by Crippen LogP contribution is 2.31. The maximum Gasteiger partial charge on any atom is 0.255 e. The SMILES string of the molecule is CSc1ccccc1Oc1ccc(CNC(=O)c2ccc(F)nc2N)cc1. The number of aromatic nitrogens is 1. The van der Waals surface area contributed by atoms with Crippen LogP contribution in [0.1, 0.15) is 15.9 Å². The third-order valence-corrected chi connectivity index (χ3v) is 4.59. The summed E-state index contributed by atoms with van der Waals surface area (Å²) in [5, 5.41) is 2.74. The molecule has 1 heterocycles. The number of hydrogen-bond donors (Lipinski definition) is 2. The van der Waals surface area contributed by atoms with Crippen LogP contribution >= 0.6 is 11.8 Å². The summed E-state index contributed by atoms with van der Waals surface area (Å²) in [7, 11) is 0. The van der Waals surface area contributed by atoms with E-state index >= 15 is 0 Å². The number of hydrogen-bond acceptors (Lipinski definition) is 5. The Hall–Kier alpha value is -3.06. The molecule has 1 aromatic heterocycles. The molecule has 0 fully saturated rings. The number of carbonyl (C=O) groups excluding carboxylic acids is 1. The number of amides is 1. The smallest absolute Gasteiger partial charge is 0.255 e. The van der Waals surface area contributed by atoms with E-state index in [2.05, 4.69) is 10.3 Å². The fraction of sp³-hybridized carbons (Fsp3) is 0.100. The van der Waals surface area contributed by atoms with Gasteiger partial charge < -0.3 is 15.8 Å². The molecule has 0 unspecified atom stereocenters. The second kappa shape index (κ2) is 8.55. The minimum absolute atomic E-state index is 0.135. The van der Waals surface area contributed by atoms with Gasteiger partial charge in [-0.3, -0.25) is 4.79 Å². The van der Waals surface area contributed by atoms with Gasteiger partial charge in [0.25, 0.3) is 5.91 Å². The highest BCUT2D eigenvalue weighted by atomic mass is 32.2. The van der Waals surface area contributed by atoms with E-state index in [1.54, 1.807) is 11.8 Å². The van der Waals surface area contributed by atoms with Crippen LogP contribution in [-0.2, 0) is 6.54 Å². The van der Waals surface area contributed by atoms with Gasteiger partial charge in [0, 0.05) is 11.4 Å². The van der Waals surface area contributed by atoms with Crippen LogP contribution in [0, 0.1) is 5.95 Å². The molecule has 3 N–H and O–H groups in total. The van der Waals surface area contributed by atoms with Gasteiger partial charge in [0.1, 0.15) is 17.3 Å². The summed E-state index contributed by atoms with van der Waals surface area (Å²) in [5.41, 5.74) is 6.61. The standard InChI is InChI=1S/C20H18FN3O2S/c1-27-17-5-3-2-4-16(17)26-14-8-6-13(7-9-14)12-23-20(25)15-10-11-18(21)24-19(15)22/h2-11H,12H2,1H3,(H2,22,24)(H,23,25). The summed E-state index contributed by atoms with van der Waals surface area (Å²) in [6.07, 6.45) is 2.00. The molecule has 5 nitrogen and oxygen atoms in total. The molecule has 0 bridgehead atoms. The van der Waals surface area contributed by atoms with Crippen molar-refractivity contribution in [3.63, 3.8) is 0 Å². The minimum atomic E-state index is -0.720. The van der Waals surface area contributed by atoms with Crippen LogP contribution in [-0.4, -0.2) is 17.1 Å². The Morgan fingerprint density at radius 3 is 2.59 bits per heavy atom. The fourth-order valence-electron chi connectivity index (χ4n) is 2.43. The van der Waals surface area contributed by atoms with Crippen molar-refractivity contribution in [3.8, 4) is 11.5 Å². The predicted octanol–water partition coefficient (Wildman–Crippen LogP) is 4.25. The molecular weight excluding hydrogens is 365 g/mol. The Balaban J connectivity index is 1.61. The molecule has 27 heavy (non-hydrogen) atoms. The molecule has 0 saturated carbocycles. The number of benzene rings is 2. The summed E-state index contributed by atoms with van der Waals surface area (Å²) in [6, 6.07) is 17.6. The number of nitrogen functional groups attached to an aromatic ring is 1. The number of nitrogens with two attached hydrogens (primary N) is 1. The molecule has 0 aliphatic carbocycles. The summed E-state index contributed by atoms with van der Waals surface area (Å²) >= 11 is 1.62. The molecule has 7 heteroatoms. The van der Waals surface area contributed by atoms with E-state index in [1.165, 1.54) is 6.07 Å². The Kier molecular flexibility index (Phi) is 5.93. The van der Waals surface area contributed by atoms with Gasteiger partial charge in [0.2, 0.25) is 5.95 Å². The summed E-state index contributed by atoms with van der Waals surface area (Å²) < 4.78 is 18.9.